The van der Waals surface area contributed by atoms with Gasteiger partial charge in [-0.05, 0) is 104 Å². The van der Waals surface area contributed by atoms with E-state index in [2.05, 4.69) is 170 Å². The zero-order valence-corrected chi connectivity index (χ0v) is 29.8. The lowest BCUT2D eigenvalue weighted by atomic mass is 10.0. The van der Waals surface area contributed by atoms with E-state index in [-0.39, 0.29) is 0 Å². The number of aromatic nitrogens is 4. The number of hydrogen-bond donors (Lipinski definition) is 2. The molecule has 0 fully saturated rings. The monoisotopic (exact) mass is 680 g/mol. The highest BCUT2D eigenvalue weighted by Crippen LogP contribution is 2.38. The van der Waals surface area contributed by atoms with Gasteiger partial charge in [-0.25, -0.2) is 9.97 Å². The average Bonchev–Trinajstić information content (AvgIpc) is 4.02. The first kappa shape index (κ1) is 32.0. The average molecular weight is 681 g/mol. The van der Waals surface area contributed by atoms with Crippen LogP contribution < -0.4 is 0 Å². The molecule has 4 heteroatoms. The van der Waals surface area contributed by atoms with Crippen molar-refractivity contribution >= 4 is 46.4 Å². The predicted octanol–water partition coefficient (Wildman–Crippen LogP) is 12.2. The summed E-state index contributed by atoms with van der Waals surface area (Å²) in [5.74, 6) is 2.83. The number of nitrogens with one attached hydrogen (secondary N) is 2. The third-order valence-electron chi connectivity index (χ3n) is 10.1. The topological polar surface area (TPSA) is 57.4 Å². The Balaban J connectivity index is 1.47. The van der Waals surface area contributed by atoms with E-state index < -0.39 is 0 Å². The first-order valence-corrected chi connectivity index (χ1v) is 17.9. The van der Waals surface area contributed by atoms with Gasteiger partial charge in [0.2, 0.25) is 0 Å². The molecule has 9 rings (SSSR count). The Morgan fingerprint density at radius 3 is 1.21 bits per heavy atom. The quantitative estimate of drug-likeness (QED) is 0.182. The summed E-state index contributed by atoms with van der Waals surface area (Å²) in [5, 5.41) is 0. The number of rotatable bonds is 4. The van der Waals surface area contributed by atoms with Crippen LogP contribution in [0.5, 0.6) is 0 Å². The molecule has 7 aromatic rings. The third-order valence-corrected chi connectivity index (χ3v) is 10.1. The number of nitrogens with zero attached hydrogens (tertiary/aromatic N) is 2. The molecular weight excluding hydrogens is 645 g/mol. The number of benzene rings is 4. The van der Waals surface area contributed by atoms with E-state index in [1.807, 2.05) is 12.1 Å². The van der Waals surface area contributed by atoms with Gasteiger partial charge in [0.15, 0.2) is 0 Å². The summed E-state index contributed by atoms with van der Waals surface area (Å²) in [7, 11) is 0. The Bertz CT molecular complexity index is 2690. The molecule has 4 nitrogen and oxygen atoms in total. The molecule has 5 heterocycles. The van der Waals surface area contributed by atoms with Crippen molar-refractivity contribution in [3.63, 3.8) is 0 Å². The summed E-state index contributed by atoms with van der Waals surface area (Å²) in [6.45, 7) is 6.34. The molecule has 0 saturated carbocycles. The van der Waals surface area contributed by atoms with Gasteiger partial charge in [0.25, 0.3) is 0 Å². The Morgan fingerprint density at radius 2 is 0.792 bits per heavy atom. The van der Waals surface area contributed by atoms with Crippen LogP contribution in [-0.2, 0) is 0 Å². The molecule has 0 unspecified atom stereocenters. The summed E-state index contributed by atoms with van der Waals surface area (Å²) in [5.41, 5.74) is 20.1. The second-order valence-electron chi connectivity index (χ2n) is 13.8. The first-order chi connectivity index (χ1) is 25.9. The van der Waals surface area contributed by atoms with Crippen LogP contribution in [0, 0.1) is 33.1 Å². The van der Waals surface area contributed by atoms with Gasteiger partial charge in [-0.15, -0.1) is 6.42 Å². The Morgan fingerprint density at radius 1 is 0.415 bits per heavy atom. The number of fused-ring (bicyclic) bond motifs is 8. The van der Waals surface area contributed by atoms with Crippen LogP contribution in [0.25, 0.3) is 90.9 Å². The van der Waals surface area contributed by atoms with Crippen molar-refractivity contribution in [1.29, 1.82) is 0 Å². The van der Waals surface area contributed by atoms with Crippen molar-refractivity contribution < 1.29 is 0 Å². The Labute approximate surface area is 309 Å². The van der Waals surface area contributed by atoms with Gasteiger partial charge in [0, 0.05) is 49.9 Å². The van der Waals surface area contributed by atoms with Crippen LogP contribution in [0.3, 0.4) is 0 Å². The maximum Gasteiger partial charge on any atom is 0.0738 e. The Kier molecular flexibility index (Phi) is 7.83. The number of hydrogen-bond acceptors (Lipinski definition) is 2. The largest absolute Gasteiger partial charge is 0.354 e. The minimum atomic E-state index is 0.821. The minimum absolute atomic E-state index is 0.821. The summed E-state index contributed by atoms with van der Waals surface area (Å²) < 4.78 is 0. The molecule has 2 N–H and O–H groups in total. The lowest BCUT2D eigenvalue weighted by Crippen LogP contribution is -1.91. The van der Waals surface area contributed by atoms with Crippen LogP contribution in [-0.4, -0.2) is 19.9 Å². The van der Waals surface area contributed by atoms with E-state index in [1.165, 1.54) is 16.7 Å². The standard InChI is InChI=1S/C49H36N4/c1-5-33-7-6-8-37(29-33)49-44-27-25-42(52-44)47(35-17-11-31(3)12-18-35)40-23-21-38(50-40)46(34-15-9-30(2)10-16-34)39-22-24-41(51-39)48(43-26-28-45(49)53-43)36-19-13-32(4)14-20-36/h1,6-29,52-53H,2-4H3. The van der Waals surface area contributed by atoms with Crippen LogP contribution in [0.1, 0.15) is 45.0 Å². The van der Waals surface area contributed by atoms with Crippen molar-refractivity contribution in [3.05, 3.63) is 166 Å². The van der Waals surface area contributed by atoms with Crippen LogP contribution in [0.2, 0.25) is 0 Å². The number of aromatic amines is 2. The summed E-state index contributed by atoms with van der Waals surface area (Å²) >= 11 is 0. The Hall–Kier alpha value is -6.96. The zero-order chi connectivity index (χ0) is 36.1. The fraction of sp³-hybridized carbons (Fsp3) is 0.0612. The number of H-pyrrole nitrogens is 2. The molecular formula is C49H36N4. The molecule has 0 saturated heterocycles. The van der Waals surface area contributed by atoms with Gasteiger partial charge >= 0.3 is 0 Å². The second-order valence-corrected chi connectivity index (χ2v) is 13.8. The van der Waals surface area contributed by atoms with Gasteiger partial charge in [-0.2, -0.15) is 0 Å². The number of aryl methyl sites for hydroxylation is 3. The lowest BCUT2D eigenvalue weighted by Gasteiger charge is -2.08. The van der Waals surface area contributed by atoms with E-state index in [1.54, 1.807) is 0 Å². The van der Waals surface area contributed by atoms with Crippen molar-refractivity contribution in [1.82, 2.24) is 19.9 Å². The van der Waals surface area contributed by atoms with Gasteiger partial charge in [-0.3, -0.25) is 0 Å². The van der Waals surface area contributed by atoms with Crippen LogP contribution >= 0.6 is 0 Å². The highest BCUT2D eigenvalue weighted by Gasteiger charge is 2.19. The van der Waals surface area contributed by atoms with Crippen molar-refractivity contribution in [2.45, 2.75) is 20.8 Å². The molecule has 0 radical (unpaired) electrons. The third kappa shape index (κ3) is 5.89. The highest BCUT2D eigenvalue weighted by molar-refractivity contribution is 6.00. The van der Waals surface area contributed by atoms with E-state index in [9.17, 15) is 0 Å². The molecule has 8 bridgehead atoms. The van der Waals surface area contributed by atoms with Crippen LogP contribution in [0.4, 0.5) is 0 Å². The van der Waals surface area contributed by atoms with Crippen molar-refractivity contribution in [2.24, 2.45) is 0 Å². The molecule has 0 spiro atoms. The van der Waals surface area contributed by atoms with Crippen molar-refractivity contribution in [3.8, 4) is 56.9 Å². The summed E-state index contributed by atoms with van der Waals surface area (Å²) in [6.07, 6.45) is 14.4. The van der Waals surface area contributed by atoms with Gasteiger partial charge in [0.1, 0.15) is 0 Å². The van der Waals surface area contributed by atoms with Gasteiger partial charge < -0.3 is 9.97 Å². The predicted molar refractivity (Wildman–Crippen MR) is 223 cm³/mol. The SMILES string of the molecule is C#Cc1cccc(-c2c3ccc([nH]3)c(-c3ccc(C)cc3)c3nc(c(-c4ccc(C)cc4)c4nc(c(-c5ccc(C)cc5)c5ccc2[nH]5)C=C4)C=C3)c1. The normalized spacial score (nSPS) is 11.9. The first-order valence-electron chi connectivity index (χ1n) is 17.9. The molecule has 53 heavy (non-hydrogen) atoms. The molecule has 0 aliphatic carbocycles. The van der Waals surface area contributed by atoms with E-state index in [0.717, 1.165) is 94.9 Å². The zero-order valence-electron chi connectivity index (χ0n) is 29.8. The second kappa shape index (κ2) is 13.0. The maximum atomic E-state index is 5.92. The summed E-state index contributed by atoms with van der Waals surface area (Å²) in [6, 6.07) is 42.7. The molecule has 4 aromatic carbocycles. The fourth-order valence-electron chi connectivity index (χ4n) is 7.35. The van der Waals surface area contributed by atoms with Gasteiger partial charge in [-0.1, -0.05) is 108 Å². The molecule has 2 aliphatic heterocycles. The van der Waals surface area contributed by atoms with E-state index in [4.69, 9.17) is 16.4 Å². The van der Waals surface area contributed by atoms with Crippen molar-refractivity contribution in [2.75, 3.05) is 0 Å². The fourth-order valence-corrected chi connectivity index (χ4v) is 7.35. The molecule has 0 amide bonds. The highest BCUT2D eigenvalue weighted by atomic mass is 14.8. The molecule has 0 atom stereocenters. The smallest absolute Gasteiger partial charge is 0.0738 e. The van der Waals surface area contributed by atoms with E-state index in [0.29, 0.717) is 0 Å². The van der Waals surface area contributed by atoms with Gasteiger partial charge in [0.05, 0.1) is 22.8 Å². The van der Waals surface area contributed by atoms with E-state index >= 15 is 0 Å². The summed E-state index contributed by atoms with van der Waals surface area (Å²) in [4.78, 5) is 18.4. The lowest BCUT2D eigenvalue weighted by molar-refractivity contribution is 1.27. The molecule has 3 aromatic heterocycles. The minimum Gasteiger partial charge on any atom is -0.354 e. The number of terminal acetylenes is 1. The maximum absolute atomic E-state index is 5.92. The molecule has 2 aliphatic rings. The van der Waals surface area contributed by atoms with Crippen LogP contribution in [0.15, 0.2) is 121 Å². The molecule has 252 valence electrons.